The Morgan fingerprint density at radius 3 is 1.86 bits per heavy atom. The van der Waals surface area contributed by atoms with Crippen LogP contribution in [0.15, 0.2) is 0 Å². The second-order valence-corrected chi connectivity index (χ2v) is 12.6. The molecule has 2 heterocycles. The molecule has 0 radical (unpaired) electrons. The number of rotatable bonds is 4. The molecule has 2 aliphatic heterocycles. The van der Waals surface area contributed by atoms with Gasteiger partial charge in [-0.25, -0.2) is 0 Å². The highest BCUT2D eigenvalue weighted by molar-refractivity contribution is 4.99. The van der Waals surface area contributed by atoms with Crippen molar-refractivity contribution in [3.05, 3.63) is 0 Å². The molecule has 2 nitrogen and oxygen atoms in total. The van der Waals surface area contributed by atoms with Crippen molar-refractivity contribution in [2.45, 2.75) is 117 Å². The van der Waals surface area contributed by atoms with Gasteiger partial charge in [-0.3, -0.25) is 4.90 Å². The molecule has 2 spiro atoms. The molecular formula is C26H48N2. The van der Waals surface area contributed by atoms with Crippen LogP contribution in [0, 0.1) is 22.7 Å². The smallest absolute Gasteiger partial charge is 0.0155 e. The van der Waals surface area contributed by atoms with Gasteiger partial charge in [-0.05, 0) is 147 Å². The van der Waals surface area contributed by atoms with E-state index in [1.54, 1.807) is 0 Å². The van der Waals surface area contributed by atoms with Crippen LogP contribution in [0.25, 0.3) is 0 Å². The fourth-order valence-electron chi connectivity index (χ4n) is 7.76. The second-order valence-electron chi connectivity index (χ2n) is 12.6. The van der Waals surface area contributed by atoms with Crippen molar-refractivity contribution < 1.29 is 0 Å². The highest BCUT2D eigenvalue weighted by Gasteiger charge is 2.46. The van der Waals surface area contributed by atoms with Crippen molar-refractivity contribution >= 4 is 0 Å². The summed E-state index contributed by atoms with van der Waals surface area (Å²) in [4.78, 5) is 5.57. The summed E-state index contributed by atoms with van der Waals surface area (Å²) >= 11 is 0. The Kier molecular flexibility index (Phi) is 5.95. The average molecular weight is 389 g/mol. The van der Waals surface area contributed by atoms with E-state index in [1.165, 1.54) is 96.8 Å². The zero-order valence-corrected chi connectivity index (χ0v) is 19.7. The normalized spacial score (nSPS) is 32.1. The molecular weight excluding hydrogens is 340 g/mol. The third kappa shape index (κ3) is 4.34. The molecule has 4 aliphatic rings. The third-order valence-electron chi connectivity index (χ3n) is 9.79. The van der Waals surface area contributed by atoms with E-state index in [0.29, 0.717) is 11.0 Å². The summed E-state index contributed by atoms with van der Waals surface area (Å²) in [7, 11) is 0. The SMILES string of the molecule is CC1CC2(CCN(C(C)(C)CC3CCC4(CC3)CCN(C(C)C)CC4)CC2)C1. The third-order valence-corrected chi connectivity index (χ3v) is 9.79. The molecule has 0 bridgehead atoms. The molecule has 0 N–H and O–H groups in total. The van der Waals surface area contributed by atoms with Crippen LogP contribution in [-0.2, 0) is 0 Å². The Morgan fingerprint density at radius 2 is 1.36 bits per heavy atom. The molecule has 0 aromatic heterocycles. The van der Waals surface area contributed by atoms with Crippen LogP contribution in [0.2, 0.25) is 0 Å². The van der Waals surface area contributed by atoms with Crippen LogP contribution in [0.1, 0.15) is 105 Å². The molecule has 162 valence electrons. The highest BCUT2D eigenvalue weighted by atomic mass is 15.2. The first-order valence-electron chi connectivity index (χ1n) is 12.7. The van der Waals surface area contributed by atoms with Crippen molar-refractivity contribution in [2.24, 2.45) is 22.7 Å². The van der Waals surface area contributed by atoms with E-state index in [-0.39, 0.29) is 0 Å². The lowest BCUT2D eigenvalue weighted by atomic mass is 9.58. The van der Waals surface area contributed by atoms with Gasteiger partial charge in [0.1, 0.15) is 0 Å². The number of nitrogens with zero attached hydrogens (tertiary/aromatic N) is 2. The van der Waals surface area contributed by atoms with Crippen LogP contribution in [0.3, 0.4) is 0 Å². The van der Waals surface area contributed by atoms with Gasteiger partial charge >= 0.3 is 0 Å². The molecule has 0 aromatic rings. The Hall–Kier alpha value is -0.0800. The number of hydrogen-bond donors (Lipinski definition) is 0. The lowest BCUT2D eigenvalue weighted by Gasteiger charge is -2.55. The Morgan fingerprint density at radius 1 is 0.821 bits per heavy atom. The summed E-state index contributed by atoms with van der Waals surface area (Å²) in [5.41, 5.74) is 1.88. The average Bonchev–Trinajstić information content (AvgIpc) is 2.63. The van der Waals surface area contributed by atoms with Crippen molar-refractivity contribution in [3.63, 3.8) is 0 Å². The molecule has 4 fully saturated rings. The first-order valence-corrected chi connectivity index (χ1v) is 12.7. The summed E-state index contributed by atoms with van der Waals surface area (Å²) in [5.74, 6) is 1.98. The van der Waals surface area contributed by atoms with Crippen LogP contribution in [0.5, 0.6) is 0 Å². The van der Waals surface area contributed by atoms with Crippen molar-refractivity contribution in [1.29, 1.82) is 0 Å². The minimum atomic E-state index is 0.410. The van der Waals surface area contributed by atoms with Gasteiger partial charge in [-0.15, -0.1) is 0 Å². The minimum absolute atomic E-state index is 0.410. The monoisotopic (exact) mass is 388 g/mol. The maximum Gasteiger partial charge on any atom is 0.0155 e. The van der Waals surface area contributed by atoms with Crippen LogP contribution < -0.4 is 0 Å². The number of piperidine rings is 2. The van der Waals surface area contributed by atoms with E-state index in [0.717, 1.165) is 23.3 Å². The summed E-state index contributed by atoms with van der Waals surface area (Å²) in [6.07, 6.45) is 16.4. The zero-order chi connectivity index (χ0) is 20.0. The number of likely N-dealkylation sites (tertiary alicyclic amines) is 2. The minimum Gasteiger partial charge on any atom is -0.301 e. The standard InChI is InChI=1S/C26H48N2/c1-21(2)27-14-10-25(11-15-27)8-6-23(7-9-25)20-24(4,5)28-16-12-26(13-17-28)18-22(3)19-26/h21-23H,6-20H2,1-5H3. The van der Waals surface area contributed by atoms with Gasteiger partial charge in [0, 0.05) is 11.6 Å². The molecule has 2 saturated carbocycles. The van der Waals surface area contributed by atoms with Crippen molar-refractivity contribution in [3.8, 4) is 0 Å². The van der Waals surface area contributed by atoms with E-state index in [1.807, 2.05) is 0 Å². The van der Waals surface area contributed by atoms with Crippen molar-refractivity contribution in [2.75, 3.05) is 26.2 Å². The Balaban J connectivity index is 1.23. The van der Waals surface area contributed by atoms with Gasteiger partial charge in [0.25, 0.3) is 0 Å². The summed E-state index contributed by atoms with van der Waals surface area (Å²) in [6, 6.07) is 0.737. The summed E-state index contributed by atoms with van der Waals surface area (Å²) < 4.78 is 0. The van der Waals surface area contributed by atoms with Crippen LogP contribution in [-0.4, -0.2) is 47.6 Å². The predicted octanol–water partition coefficient (Wildman–Crippen LogP) is 6.35. The van der Waals surface area contributed by atoms with E-state index in [9.17, 15) is 0 Å². The molecule has 2 heteroatoms. The molecule has 2 aliphatic carbocycles. The first kappa shape index (κ1) is 21.2. The molecule has 0 unspecified atom stereocenters. The van der Waals surface area contributed by atoms with Crippen LogP contribution >= 0.6 is 0 Å². The predicted molar refractivity (Wildman–Crippen MR) is 121 cm³/mol. The summed E-state index contributed by atoms with van der Waals surface area (Å²) in [5, 5.41) is 0. The van der Waals surface area contributed by atoms with Gasteiger partial charge in [-0.1, -0.05) is 6.92 Å². The molecule has 0 aromatic carbocycles. The maximum atomic E-state index is 2.87. The van der Waals surface area contributed by atoms with E-state index in [4.69, 9.17) is 0 Å². The topological polar surface area (TPSA) is 6.48 Å². The lowest BCUT2D eigenvalue weighted by Crippen LogP contribution is -2.54. The molecule has 28 heavy (non-hydrogen) atoms. The zero-order valence-electron chi connectivity index (χ0n) is 19.7. The molecule has 4 rings (SSSR count). The van der Waals surface area contributed by atoms with Gasteiger partial charge < -0.3 is 4.90 Å². The highest BCUT2D eigenvalue weighted by Crippen LogP contribution is 2.53. The molecule has 0 amide bonds. The fourth-order valence-corrected chi connectivity index (χ4v) is 7.76. The number of hydrogen-bond acceptors (Lipinski definition) is 2. The molecule has 0 atom stereocenters. The van der Waals surface area contributed by atoms with Gasteiger partial charge in [-0.2, -0.15) is 0 Å². The van der Waals surface area contributed by atoms with E-state index < -0.39 is 0 Å². The Labute approximate surface area is 175 Å². The summed E-state index contributed by atoms with van der Waals surface area (Å²) in [6.45, 7) is 17.7. The fraction of sp³-hybridized carbons (Fsp3) is 1.00. The van der Waals surface area contributed by atoms with Gasteiger partial charge in [0.05, 0.1) is 0 Å². The quantitative estimate of drug-likeness (QED) is 0.554. The van der Waals surface area contributed by atoms with Crippen molar-refractivity contribution in [1.82, 2.24) is 9.80 Å². The first-order chi connectivity index (χ1) is 13.2. The van der Waals surface area contributed by atoms with E-state index >= 15 is 0 Å². The Bertz CT molecular complexity index is 503. The lowest BCUT2D eigenvalue weighted by molar-refractivity contribution is -0.0433. The molecule has 2 saturated heterocycles. The second kappa shape index (κ2) is 7.88. The van der Waals surface area contributed by atoms with Gasteiger partial charge in [0.2, 0.25) is 0 Å². The van der Waals surface area contributed by atoms with Gasteiger partial charge in [0.15, 0.2) is 0 Å². The maximum absolute atomic E-state index is 2.87. The largest absolute Gasteiger partial charge is 0.301 e. The van der Waals surface area contributed by atoms with E-state index in [2.05, 4.69) is 44.4 Å². The van der Waals surface area contributed by atoms with Crippen LogP contribution in [0.4, 0.5) is 0 Å².